The minimum absolute atomic E-state index is 0.0808. The molecule has 116 valence electrons. The second-order valence-corrected chi connectivity index (χ2v) is 6.80. The van der Waals surface area contributed by atoms with Crippen LogP contribution in [0.4, 0.5) is 5.82 Å². The average Bonchev–Trinajstić information content (AvgIpc) is 2.92. The first kappa shape index (κ1) is 15.6. The van der Waals surface area contributed by atoms with Crippen molar-refractivity contribution >= 4 is 5.82 Å². The summed E-state index contributed by atoms with van der Waals surface area (Å²) < 4.78 is 4.27. The lowest BCUT2D eigenvalue weighted by Gasteiger charge is -2.25. The minimum atomic E-state index is -0.0808. The van der Waals surface area contributed by atoms with Gasteiger partial charge in [-0.25, -0.2) is 9.97 Å². The molecule has 0 unspecified atom stereocenters. The highest BCUT2D eigenvalue weighted by Gasteiger charge is 2.25. The fraction of sp³-hybridized carbons (Fsp3) is 0.625. The number of hydrogen-bond donors (Lipinski definition) is 1. The van der Waals surface area contributed by atoms with Crippen LogP contribution in [0.1, 0.15) is 59.8 Å². The molecule has 5 heteroatoms. The molecule has 2 aromatic rings. The van der Waals surface area contributed by atoms with Crippen LogP contribution in [0.25, 0.3) is 11.4 Å². The maximum atomic E-state index is 6.44. The second-order valence-electron chi connectivity index (χ2n) is 6.80. The molecule has 2 aromatic heterocycles. The van der Waals surface area contributed by atoms with Crippen molar-refractivity contribution in [1.82, 2.24) is 19.1 Å². The van der Waals surface area contributed by atoms with E-state index in [-0.39, 0.29) is 5.54 Å². The molecule has 2 N–H and O–H groups in total. The third-order valence-corrected chi connectivity index (χ3v) is 3.59. The molecule has 0 saturated carbocycles. The van der Waals surface area contributed by atoms with Crippen LogP contribution in [0.3, 0.4) is 0 Å². The molecule has 0 aliphatic heterocycles. The van der Waals surface area contributed by atoms with E-state index >= 15 is 0 Å². The molecule has 0 atom stereocenters. The molecule has 5 nitrogen and oxygen atoms in total. The molecule has 0 radical (unpaired) electrons. The van der Waals surface area contributed by atoms with Gasteiger partial charge in [-0.1, -0.05) is 6.92 Å². The smallest absolute Gasteiger partial charge is 0.133 e. The SMILES string of the molecule is CCCc1nc(-c2cncn2C(C)C)c(N)n1C(C)(C)C. The molecular weight excluding hydrogens is 262 g/mol. The van der Waals surface area contributed by atoms with Gasteiger partial charge in [0.15, 0.2) is 0 Å². The topological polar surface area (TPSA) is 61.7 Å². The molecule has 2 rings (SSSR count). The Kier molecular flexibility index (Phi) is 4.12. The zero-order valence-electron chi connectivity index (χ0n) is 14.0. The third kappa shape index (κ3) is 2.82. The maximum absolute atomic E-state index is 6.44. The van der Waals surface area contributed by atoms with E-state index in [1.807, 2.05) is 12.5 Å². The van der Waals surface area contributed by atoms with Crippen LogP contribution in [0, 0.1) is 0 Å². The maximum Gasteiger partial charge on any atom is 0.133 e. The van der Waals surface area contributed by atoms with Gasteiger partial charge < -0.3 is 14.9 Å². The predicted molar refractivity (Wildman–Crippen MR) is 87.2 cm³/mol. The Hall–Kier alpha value is -1.78. The van der Waals surface area contributed by atoms with Gasteiger partial charge in [0.1, 0.15) is 17.3 Å². The Morgan fingerprint density at radius 1 is 1.29 bits per heavy atom. The largest absolute Gasteiger partial charge is 0.383 e. The van der Waals surface area contributed by atoms with Gasteiger partial charge in [-0.2, -0.15) is 0 Å². The zero-order valence-corrected chi connectivity index (χ0v) is 14.0. The van der Waals surface area contributed by atoms with E-state index in [9.17, 15) is 0 Å². The van der Waals surface area contributed by atoms with Gasteiger partial charge in [0.05, 0.1) is 18.2 Å². The Morgan fingerprint density at radius 2 is 1.95 bits per heavy atom. The summed E-state index contributed by atoms with van der Waals surface area (Å²) in [5, 5.41) is 0. The lowest BCUT2D eigenvalue weighted by atomic mass is 10.1. The van der Waals surface area contributed by atoms with E-state index in [2.05, 4.69) is 55.7 Å². The second kappa shape index (κ2) is 5.54. The van der Waals surface area contributed by atoms with E-state index in [1.165, 1.54) is 0 Å². The van der Waals surface area contributed by atoms with Crippen LogP contribution in [0.5, 0.6) is 0 Å². The van der Waals surface area contributed by atoms with E-state index < -0.39 is 0 Å². The predicted octanol–water partition coefficient (Wildman–Crippen LogP) is 3.62. The Bertz CT molecular complexity index is 613. The highest BCUT2D eigenvalue weighted by molar-refractivity contribution is 5.68. The van der Waals surface area contributed by atoms with Gasteiger partial charge in [0, 0.05) is 18.0 Å². The molecule has 0 aromatic carbocycles. The van der Waals surface area contributed by atoms with Crippen molar-refractivity contribution in [3.05, 3.63) is 18.3 Å². The summed E-state index contributed by atoms with van der Waals surface area (Å²) in [4.78, 5) is 9.09. The molecule has 0 aliphatic carbocycles. The van der Waals surface area contributed by atoms with Gasteiger partial charge in [0.2, 0.25) is 0 Å². The van der Waals surface area contributed by atoms with Crippen LogP contribution < -0.4 is 5.73 Å². The van der Waals surface area contributed by atoms with E-state index in [0.29, 0.717) is 6.04 Å². The molecule has 0 saturated heterocycles. The summed E-state index contributed by atoms with van der Waals surface area (Å²) in [5.74, 6) is 1.78. The van der Waals surface area contributed by atoms with Crippen molar-refractivity contribution in [2.75, 3.05) is 5.73 Å². The van der Waals surface area contributed by atoms with Crippen molar-refractivity contribution < 1.29 is 0 Å². The summed E-state index contributed by atoms with van der Waals surface area (Å²) in [6.07, 6.45) is 5.67. The number of aromatic nitrogens is 4. The zero-order chi connectivity index (χ0) is 15.8. The van der Waals surface area contributed by atoms with Crippen molar-refractivity contribution in [1.29, 1.82) is 0 Å². The first-order valence-electron chi connectivity index (χ1n) is 7.67. The molecule has 0 aliphatic rings. The van der Waals surface area contributed by atoms with Crippen molar-refractivity contribution in [3.8, 4) is 11.4 Å². The number of nitrogens with two attached hydrogens (primary N) is 1. The molecule has 0 bridgehead atoms. The molecule has 21 heavy (non-hydrogen) atoms. The summed E-state index contributed by atoms with van der Waals surface area (Å²) in [6.45, 7) is 12.9. The Morgan fingerprint density at radius 3 is 2.48 bits per heavy atom. The number of imidazole rings is 2. The monoisotopic (exact) mass is 289 g/mol. The van der Waals surface area contributed by atoms with Gasteiger partial charge in [-0.15, -0.1) is 0 Å². The summed E-state index contributed by atoms with van der Waals surface area (Å²) in [5.41, 5.74) is 8.19. The first-order chi connectivity index (χ1) is 9.77. The van der Waals surface area contributed by atoms with Crippen molar-refractivity contribution in [2.45, 2.75) is 66.0 Å². The third-order valence-electron chi connectivity index (χ3n) is 3.59. The van der Waals surface area contributed by atoms with E-state index in [1.54, 1.807) is 0 Å². The summed E-state index contributed by atoms with van der Waals surface area (Å²) in [6, 6.07) is 0.330. The highest BCUT2D eigenvalue weighted by Crippen LogP contribution is 2.32. The standard InChI is InChI=1S/C16H27N5/c1-7-8-13-19-14(15(17)21(13)16(4,5)6)12-9-18-10-20(12)11(2)3/h9-11H,7-8,17H2,1-6H3. The quantitative estimate of drug-likeness (QED) is 0.935. The van der Waals surface area contributed by atoms with Crippen LogP contribution in [0.15, 0.2) is 12.5 Å². The summed E-state index contributed by atoms with van der Waals surface area (Å²) >= 11 is 0. The molecule has 0 fully saturated rings. The van der Waals surface area contributed by atoms with E-state index in [0.717, 1.165) is 35.9 Å². The van der Waals surface area contributed by atoms with Crippen molar-refractivity contribution in [3.63, 3.8) is 0 Å². The van der Waals surface area contributed by atoms with Gasteiger partial charge in [-0.3, -0.25) is 0 Å². The Balaban J connectivity index is 2.63. The Labute approximate surface area is 127 Å². The number of rotatable bonds is 4. The molecule has 2 heterocycles. The van der Waals surface area contributed by atoms with Crippen LogP contribution in [-0.4, -0.2) is 19.1 Å². The lowest BCUT2D eigenvalue weighted by molar-refractivity contribution is 0.387. The molecular formula is C16H27N5. The summed E-state index contributed by atoms with van der Waals surface area (Å²) in [7, 11) is 0. The van der Waals surface area contributed by atoms with Crippen LogP contribution in [0.2, 0.25) is 0 Å². The first-order valence-corrected chi connectivity index (χ1v) is 7.67. The number of hydrogen-bond acceptors (Lipinski definition) is 3. The number of anilines is 1. The molecule has 0 spiro atoms. The lowest BCUT2D eigenvalue weighted by Crippen LogP contribution is -2.25. The van der Waals surface area contributed by atoms with Gasteiger partial charge in [0.25, 0.3) is 0 Å². The number of nitrogens with zero attached hydrogens (tertiary/aromatic N) is 4. The van der Waals surface area contributed by atoms with Crippen molar-refractivity contribution in [2.24, 2.45) is 0 Å². The number of nitrogen functional groups attached to an aromatic ring is 1. The van der Waals surface area contributed by atoms with Crippen LogP contribution >= 0.6 is 0 Å². The molecule has 0 amide bonds. The fourth-order valence-corrected chi connectivity index (χ4v) is 2.71. The average molecular weight is 289 g/mol. The number of aryl methyl sites for hydroxylation is 1. The minimum Gasteiger partial charge on any atom is -0.383 e. The van der Waals surface area contributed by atoms with Gasteiger partial charge in [-0.05, 0) is 41.0 Å². The normalized spacial score (nSPS) is 12.3. The van der Waals surface area contributed by atoms with E-state index in [4.69, 9.17) is 10.7 Å². The fourth-order valence-electron chi connectivity index (χ4n) is 2.71. The highest BCUT2D eigenvalue weighted by atomic mass is 15.2. The van der Waals surface area contributed by atoms with Gasteiger partial charge >= 0.3 is 0 Å². The van der Waals surface area contributed by atoms with Crippen LogP contribution in [-0.2, 0) is 12.0 Å².